The Morgan fingerprint density at radius 1 is 1.14 bits per heavy atom. The first-order valence-electron chi connectivity index (χ1n) is 11.1. The third kappa shape index (κ3) is 8.55. The van der Waals surface area contributed by atoms with Gasteiger partial charge >= 0.3 is 17.6 Å². The lowest BCUT2D eigenvalue weighted by Gasteiger charge is -2.19. The minimum absolute atomic E-state index is 0.197. The molecule has 0 aliphatic carbocycles. The van der Waals surface area contributed by atoms with Gasteiger partial charge in [-0.2, -0.15) is 0 Å². The normalized spacial score (nSPS) is 12.7. The molecule has 0 aliphatic rings. The summed E-state index contributed by atoms with van der Waals surface area (Å²) < 4.78 is 4.12. The maximum absolute atomic E-state index is 12.9. The summed E-state index contributed by atoms with van der Waals surface area (Å²) in [4.78, 5) is 51.0. The molecule has 3 N–H and O–H groups in total. The number of aliphatic carboxylic acids is 2. The Morgan fingerprint density at radius 2 is 1.71 bits per heavy atom. The number of carboxylic acid groups (broad SMARTS) is 2. The lowest BCUT2D eigenvalue weighted by atomic mass is 10.1. The molecule has 0 radical (unpaired) electrons. The second kappa shape index (κ2) is 13.3. The lowest BCUT2D eigenvalue weighted by molar-refractivity contribution is -0.134. The largest absolute Gasteiger partial charge is 0.478 e. The van der Waals surface area contributed by atoms with Crippen LogP contribution in [0.1, 0.15) is 34.1 Å². The number of carboxylic acids is 2. The van der Waals surface area contributed by atoms with Crippen molar-refractivity contribution in [3.8, 4) is 11.8 Å². The molecule has 35 heavy (non-hydrogen) atoms. The molecule has 2 heterocycles. The molecule has 0 saturated carbocycles. The number of nitrogens with zero attached hydrogens (tertiary/aromatic N) is 5. The molecular weight excluding hydrogens is 458 g/mol. The van der Waals surface area contributed by atoms with Crippen molar-refractivity contribution in [1.82, 2.24) is 23.6 Å². The van der Waals surface area contributed by atoms with Gasteiger partial charge in [-0.1, -0.05) is 32.6 Å². The lowest BCUT2D eigenvalue weighted by Crippen LogP contribution is -2.45. The van der Waals surface area contributed by atoms with Crippen LogP contribution in [0.25, 0.3) is 11.2 Å². The van der Waals surface area contributed by atoms with E-state index >= 15 is 0 Å². The van der Waals surface area contributed by atoms with Gasteiger partial charge in [0.05, 0.1) is 19.4 Å². The summed E-state index contributed by atoms with van der Waals surface area (Å²) in [5.74, 6) is 3.23. The van der Waals surface area contributed by atoms with Gasteiger partial charge in [-0.25, -0.2) is 19.4 Å². The zero-order chi connectivity index (χ0) is 26.8. The predicted molar refractivity (Wildman–Crippen MR) is 130 cm³/mol. The van der Waals surface area contributed by atoms with Gasteiger partial charge in [-0.05, 0) is 26.4 Å². The number of rotatable bonds is 9. The number of aryl methyl sites for hydroxylation is 2. The Kier molecular flexibility index (Phi) is 11.1. The van der Waals surface area contributed by atoms with E-state index in [2.05, 4.69) is 21.7 Å². The van der Waals surface area contributed by atoms with Crippen molar-refractivity contribution in [3.05, 3.63) is 39.3 Å². The number of fused-ring (bicyclic) bond motifs is 1. The molecule has 0 amide bonds. The third-order valence-electron chi connectivity index (χ3n) is 4.96. The molecule has 12 nitrogen and oxygen atoms in total. The van der Waals surface area contributed by atoms with Crippen LogP contribution in [0.3, 0.4) is 0 Å². The van der Waals surface area contributed by atoms with Crippen LogP contribution < -0.4 is 11.2 Å². The molecule has 0 aliphatic heterocycles. The van der Waals surface area contributed by atoms with E-state index in [0.29, 0.717) is 36.4 Å². The number of hydrogen-bond acceptors (Lipinski definition) is 7. The molecule has 1 unspecified atom stereocenters. The van der Waals surface area contributed by atoms with Gasteiger partial charge in [0.15, 0.2) is 11.2 Å². The van der Waals surface area contributed by atoms with Crippen LogP contribution in [0.2, 0.25) is 0 Å². The van der Waals surface area contributed by atoms with Gasteiger partial charge in [0.25, 0.3) is 5.56 Å². The number of imidazole rings is 1. The predicted octanol–water partition coefficient (Wildman–Crippen LogP) is 0.115. The van der Waals surface area contributed by atoms with Crippen LogP contribution in [0.4, 0.5) is 0 Å². The van der Waals surface area contributed by atoms with Crippen molar-refractivity contribution < 1.29 is 24.9 Å². The highest BCUT2D eigenvalue weighted by atomic mass is 16.4. The van der Waals surface area contributed by atoms with Crippen molar-refractivity contribution in [1.29, 1.82) is 0 Å². The topological polar surface area (TPSA) is 160 Å². The van der Waals surface area contributed by atoms with Crippen LogP contribution in [0.15, 0.2) is 28.1 Å². The molecule has 2 aromatic rings. The van der Waals surface area contributed by atoms with E-state index in [1.807, 2.05) is 20.8 Å². The van der Waals surface area contributed by atoms with Gasteiger partial charge in [-0.3, -0.25) is 18.8 Å². The fourth-order valence-electron chi connectivity index (χ4n) is 3.15. The Balaban J connectivity index is 0.000000658. The summed E-state index contributed by atoms with van der Waals surface area (Å²) in [7, 11) is 1.57. The van der Waals surface area contributed by atoms with Crippen molar-refractivity contribution in [3.63, 3.8) is 0 Å². The maximum atomic E-state index is 12.9. The van der Waals surface area contributed by atoms with Gasteiger partial charge in [0.2, 0.25) is 0 Å². The van der Waals surface area contributed by atoms with E-state index in [4.69, 9.17) is 10.2 Å². The van der Waals surface area contributed by atoms with Crippen molar-refractivity contribution in [2.24, 2.45) is 7.05 Å². The first kappa shape index (κ1) is 29.3. The van der Waals surface area contributed by atoms with Crippen molar-refractivity contribution in [2.45, 2.75) is 52.8 Å². The summed E-state index contributed by atoms with van der Waals surface area (Å²) >= 11 is 0. The minimum Gasteiger partial charge on any atom is -0.478 e. The average molecular weight is 492 g/mol. The van der Waals surface area contributed by atoms with Crippen LogP contribution in [-0.2, 0) is 29.7 Å². The maximum Gasteiger partial charge on any atom is 0.332 e. The molecular formula is C23H33N5O7. The fourth-order valence-corrected chi connectivity index (χ4v) is 3.15. The number of carbonyl (C=O) groups is 2. The molecule has 2 rings (SSSR count). The SMILES string of the molecule is CCCn1cnc2c1c(=O)n(CC(C)(O)C#CCN(CC)CC)c(=O)n2C.O=C(O)C=CC(=O)O. The summed E-state index contributed by atoms with van der Waals surface area (Å²) in [6, 6.07) is 0. The van der Waals surface area contributed by atoms with Crippen LogP contribution >= 0.6 is 0 Å². The van der Waals surface area contributed by atoms with E-state index in [1.165, 1.54) is 11.5 Å². The third-order valence-corrected chi connectivity index (χ3v) is 4.96. The summed E-state index contributed by atoms with van der Waals surface area (Å²) in [5, 5.41) is 26.3. The highest BCUT2D eigenvalue weighted by Crippen LogP contribution is 2.08. The molecule has 2 aromatic heterocycles. The zero-order valence-corrected chi connectivity index (χ0v) is 20.7. The van der Waals surface area contributed by atoms with Crippen molar-refractivity contribution in [2.75, 3.05) is 19.6 Å². The minimum atomic E-state index is -1.49. The Hall–Kier alpha value is -3.69. The summed E-state index contributed by atoms with van der Waals surface area (Å²) in [5.41, 5.74) is -1.75. The molecule has 0 bridgehead atoms. The Bertz CT molecular complexity index is 1220. The molecule has 1 atom stereocenters. The quantitative estimate of drug-likeness (QED) is 0.327. The van der Waals surface area contributed by atoms with E-state index in [9.17, 15) is 24.3 Å². The Morgan fingerprint density at radius 3 is 2.20 bits per heavy atom. The summed E-state index contributed by atoms with van der Waals surface area (Å²) in [6.45, 7) is 10.3. The van der Waals surface area contributed by atoms with Gasteiger partial charge in [-0.15, -0.1) is 0 Å². The van der Waals surface area contributed by atoms with Gasteiger partial charge in [0.1, 0.15) is 5.60 Å². The van der Waals surface area contributed by atoms with E-state index < -0.39 is 28.8 Å². The summed E-state index contributed by atoms with van der Waals surface area (Å²) in [6.07, 6.45) is 3.52. The molecule has 192 valence electrons. The first-order valence-corrected chi connectivity index (χ1v) is 11.1. The average Bonchev–Trinajstić information content (AvgIpc) is 3.21. The standard InChI is InChI=1S/C19H29N5O3.C4H4O4/c1-6-11-23-14-20-16-15(23)17(25)24(18(26)21(16)5)13-19(4,27)10-9-12-22(7-2)8-3;5-3(6)1-2-4(7)8/h14,27H,6-8,11-13H2,1-5H3;1-2H,(H,5,6)(H,7,8). The number of aromatic nitrogens is 4. The monoisotopic (exact) mass is 491 g/mol. The fraction of sp³-hybridized carbons (Fsp3) is 0.522. The number of aliphatic hydroxyl groups is 1. The first-order chi connectivity index (χ1) is 16.4. The highest BCUT2D eigenvalue weighted by molar-refractivity contribution is 5.89. The molecule has 12 heteroatoms. The van der Waals surface area contributed by atoms with Crippen LogP contribution in [0.5, 0.6) is 0 Å². The molecule has 0 aromatic carbocycles. The molecule has 0 saturated heterocycles. The van der Waals surface area contributed by atoms with Crippen molar-refractivity contribution >= 4 is 23.1 Å². The highest BCUT2D eigenvalue weighted by Gasteiger charge is 2.23. The van der Waals surface area contributed by atoms with Crippen LogP contribution in [0, 0.1) is 11.8 Å². The molecule has 0 fully saturated rings. The zero-order valence-electron chi connectivity index (χ0n) is 20.7. The van der Waals surface area contributed by atoms with E-state index in [-0.39, 0.29) is 6.54 Å². The smallest absolute Gasteiger partial charge is 0.332 e. The second-order valence-corrected chi connectivity index (χ2v) is 7.89. The molecule has 0 spiro atoms. The van der Waals surface area contributed by atoms with E-state index in [0.717, 1.165) is 24.1 Å². The Labute approximate surface area is 202 Å². The van der Waals surface area contributed by atoms with Gasteiger partial charge < -0.3 is 19.9 Å². The second-order valence-electron chi connectivity index (χ2n) is 7.89. The van der Waals surface area contributed by atoms with Gasteiger partial charge in [0, 0.05) is 25.7 Å². The van der Waals surface area contributed by atoms with Crippen LogP contribution in [-0.4, -0.2) is 76.1 Å². The number of hydrogen-bond donors (Lipinski definition) is 3. The van der Waals surface area contributed by atoms with E-state index in [1.54, 1.807) is 17.9 Å².